The standard InChI is InChI=1S/C32H29ClFN3O4/c1-20-28(29(35-41-20)24-5-3-4-6-26(24)33)30(38)37-19-32(25-17-23(34)11-12-27(25)37)13-15-36(16-14-32)18-21-7-9-22(10-8-21)31(39)40-2/h3-12,17H,13-16,18-19H2,1-2H3. The number of piperidine rings is 1. The van der Waals surface area contributed by atoms with Crippen molar-refractivity contribution in [1.82, 2.24) is 10.1 Å². The number of hydrogen-bond donors (Lipinski definition) is 0. The SMILES string of the molecule is COC(=O)c1ccc(CN2CCC3(CC2)CN(C(=O)c2c(-c4ccccc4Cl)noc2C)c2ccc(F)cc23)cc1. The highest BCUT2D eigenvalue weighted by Gasteiger charge is 2.47. The molecule has 0 saturated carbocycles. The first-order valence-electron chi connectivity index (χ1n) is 13.5. The molecule has 4 aromatic rings. The largest absolute Gasteiger partial charge is 0.465 e. The molecule has 1 amide bonds. The number of likely N-dealkylation sites (tertiary alicyclic amines) is 1. The summed E-state index contributed by atoms with van der Waals surface area (Å²) in [6.45, 7) is 4.46. The Bertz CT molecular complexity index is 1630. The van der Waals surface area contributed by atoms with E-state index >= 15 is 0 Å². The second-order valence-electron chi connectivity index (χ2n) is 10.7. The first kappa shape index (κ1) is 27.2. The average Bonchev–Trinajstić information content (AvgIpc) is 3.52. The van der Waals surface area contributed by atoms with Gasteiger partial charge < -0.3 is 14.2 Å². The third kappa shape index (κ3) is 4.91. The van der Waals surface area contributed by atoms with E-state index < -0.39 is 0 Å². The number of carbonyl (C=O) groups is 2. The fourth-order valence-electron chi connectivity index (χ4n) is 6.11. The maximum atomic E-state index is 14.6. The molecule has 1 saturated heterocycles. The van der Waals surface area contributed by atoms with Gasteiger partial charge in [-0.3, -0.25) is 9.69 Å². The fourth-order valence-corrected chi connectivity index (χ4v) is 6.33. The van der Waals surface area contributed by atoms with Crippen LogP contribution >= 0.6 is 11.6 Å². The van der Waals surface area contributed by atoms with Gasteiger partial charge in [0.25, 0.3) is 5.91 Å². The smallest absolute Gasteiger partial charge is 0.337 e. The zero-order valence-corrected chi connectivity index (χ0v) is 23.6. The van der Waals surface area contributed by atoms with Crippen LogP contribution in [-0.4, -0.2) is 48.7 Å². The topological polar surface area (TPSA) is 75.9 Å². The number of nitrogens with zero attached hydrogens (tertiary/aromatic N) is 3. The molecule has 0 unspecified atom stereocenters. The zero-order valence-electron chi connectivity index (χ0n) is 22.8. The van der Waals surface area contributed by atoms with E-state index in [2.05, 4.69) is 10.1 Å². The molecule has 3 aromatic carbocycles. The van der Waals surface area contributed by atoms with Crippen LogP contribution in [0.2, 0.25) is 5.02 Å². The molecule has 0 bridgehead atoms. The molecule has 0 radical (unpaired) electrons. The van der Waals surface area contributed by atoms with Crippen LogP contribution < -0.4 is 4.90 Å². The van der Waals surface area contributed by atoms with E-state index in [4.69, 9.17) is 20.9 Å². The maximum absolute atomic E-state index is 14.6. The molecule has 1 aromatic heterocycles. The third-order valence-corrected chi connectivity index (χ3v) is 8.66. The lowest BCUT2D eigenvalue weighted by atomic mass is 9.74. The van der Waals surface area contributed by atoms with Crippen molar-refractivity contribution >= 4 is 29.2 Å². The molecule has 41 heavy (non-hydrogen) atoms. The lowest BCUT2D eigenvalue weighted by Gasteiger charge is -2.40. The first-order valence-corrected chi connectivity index (χ1v) is 13.9. The molecule has 9 heteroatoms. The molecule has 3 heterocycles. The molecule has 0 N–H and O–H groups in total. The lowest BCUT2D eigenvalue weighted by Crippen LogP contribution is -2.45. The Labute approximate surface area is 242 Å². The van der Waals surface area contributed by atoms with Gasteiger partial charge in [-0.25, -0.2) is 9.18 Å². The van der Waals surface area contributed by atoms with Gasteiger partial charge in [0.05, 0.1) is 17.7 Å². The minimum Gasteiger partial charge on any atom is -0.465 e. The number of rotatable bonds is 5. The molecular weight excluding hydrogens is 545 g/mol. The van der Waals surface area contributed by atoms with E-state index in [1.807, 2.05) is 30.3 Å². The van der Waals surface area contributed by atoms with Crippen molar-refractivity contribution in [2.24, 2.45) is 0 Å². The van der Waals surface area contributed by atoms with Crippen LogP contribution in [-0.2, 0) is 16.7 Å². The monoisotopic (exact) mass is 573 g/mol. The van der Waals surface area contributed by atoms with Crippen LogP contribution in [0.25, 0.3) is 11.3 Å². The predicted octanol–water partition coefficient (Wildman–Crippen LogP) is 6.42. The number of halogens is 2. The molecule has 7 nitrogen and oxygen atoms in total. The molecule has 1 fully saturated rings. The van der Waals surface area contributed by atoms with E-state index in [9.17, 15) is 14.0 Å². The van der Waals surface area contributed by atoms with Gasteiger partial charge in [0.1, 0.15) is 22.8 Å². The molecule has 0 aliphatic carbocycles. The Morgan fingerprint density at radius 1 is 1.07 bits per heavy atom. The van der Waals surface area contributed by atoms with Gasteiger partial charge in [0, 0.05) is 29.8 Å². The number of fused-ring (bicyclic) bond motifs is 2. The highest BCUT2D eigenvalue weighted by Crippen LogP contribution is 2.48. The predicted molar refractivity (Wildman–Crippen MR) is 154 cm³/mol. The normalized spacial score (nSPS) is 16.1. The first-order chi connectivity index (χ1) is 19.8. The van der Waals surface area contributed by atoms with Crippen molar-refractivity contribution in [3.63, 3.8) is 0 Å². The number of aromatic nitrogens is 1. The van der Waals surface area contributed by atoms with Gasteiger partial charge in [-0.2, -0.15) is 0 Å². The van der Waals surface area contributed by atoms with Gasteiger partial charge >= 0.3 is 5.97 Å². The van der Waals surface area contributed by atoms with E-state index in [0.717, 1.165) is 43.6 Å². The van der Waals surface area contributed by atoms with Crippen molar-refractivity contribution in [2.75, 3.05) is 31.6 Å². The van der Waals surface area contributed by atoms with Crippen LogP contribution in [0.5, 0.6) is 0 Å². The quantitative estimate of drug-likeness (QED) is 0.256. The summed E-state index contributed by atoms with van der Waals surface area (Å²) in [6, 6.07) is 19.3. The summed E-state index contributed by atoms with van der Waals surface area (Å²) in [5.41, 5.74) is 4.20. The molecule has 2 aliphatic heterocycles. The summed E-state index contributed by atoms with van der Waals surface area (Å²) in [5.74, 6) is -0.509. The second kappa shape index (κ2) is 10.8. The Balaban J connectivity index is 1.25. The van der Waals surface area contributed by atoms with Crippen molar-refractivity contribution in [2.45, 2.75) is 31.7 Å². The summed E-state index contributed by atoms with van der Waals surface area (Å²) >= 11 is 6.45. The van der Waals surface area contributed by atoms with Gasteiger partial charge in [-0.05, 0) is 80.4 Å². The molecule has 6 rings (SSSR count). The minimum atomic E-state index is -0.367. The number of ether oxygens (including phenoxy) is 1. The van der Waals surface area contributed by atoms with E-state index in [1.54, 1.807) is 42.2 Å². The summed E-state index contributed by atoms with van der Waals surface area (Å²) < 4.78 is 24.9. The van der Waals surface area contributed by atoms with Crippen molar-refractivity contribution < 1.29 is 23.2 Å². The maximum Gasteiger partial charge on any atom is 0.337 e. The number of hydrogen-bond acceptors (Lipinski definition) is 6. The Hall–Kier alpha value is -4.01. The summed E-state index contributed by atoms with van der Waals surface area (Å²) in [7, 11) is 1.37. The van der Waals surface area contributed by atoms with E-state index in [0.29, 0.717) is 45.4 Å². The van der Waals surface area contributed by atoms with Crippen LogP contribution in [0.15, 0.2) is 71.3 Å². The molecule has 2 aliphatic rings. The van der Waals surface area contributed by atoms with Crippen LogP contribution in [0, 0.1) is 12.7 Å². The highest BCUT2D eigenvalue weighted by molar-refractivity contribution is 6.33. The second-order valence-corrected chi connectivity index (χ2v) is 11.1. The lowest BCUT2D eigenvalue weighted by molar-refractivity contribution is 0.0600. The summed E-state index contributed by atoms with van der Waals surface area (Å²) in [5, 5.41) is 4.66. The average molecular weight is 574 g/mol. The van der Waals surface area contributed by atoms with Crippen molar-refractivity contribution in [3.05, 3.63) is 106 Å². The molecule has 0 atom stereocenters. The van der Waals surface area contributed by atoms with Crippen molar-refractivity contribution in [3.8, 4) is 11.3 Å². The molecule has 210 valence electrons. The number of aryl methyl sites for hydroxylation is 1. The van der Waals surface area contributed by atoms with E-state index in [1.165, 1.54) is 13.2 Å². The third-order valence-electron chi connectivity index (χ3n) is 8.33. The number of methoxy groups -OCH3 is 1. The van der Waals surface area contributed by atoms with Gasteiger partial charge in [-0.1, -0.05) is 47.1 Å². The van der Waals surface area contributed by atoms with Gasteiger partial charge in [-0.15, -0.1) is 0 Å². The van der Waals surface area contributed by atoms with Crippen molar-refractivity contribution in [1.29, 1.82) is 0 Å². The summed E-state index contributed by atoms with van der Waals surface area (Å²) in [4.78, 5) is 30.0. The van der Waals surface area contributed by atoms with Gasteiger partial charge in [0.2, 0.25) is 0 Å². The number of benzene rings is 3. The molecule has 1 spiro atoms. The van der Waals surface area contributed by atoms with E-state index in [-0.39, 0.29) is 23.1 Å². The highest BCUT2D eigenvalue weighted by atomic mass is 35.5. The summed E-state index contributed by atoms with van der Waals surface area (Å²) in [6.07, 6.45) is 1.54. The number of anilines is 1. The molecular formula is C32H29ClFN3O4. The number of carbonyl (C=O) groups excluding carboxylic acids is 2. The fraction of sp³-hybridized carbons (Fsp3) is 0.281. The minimum absolute atomic E-state index is 0.239. The Kier molecular flexibility index (Phi) is 7.13. The Morgan fingerprint density at radius 3 is 2.51 bits per heavy atom. The Morgan fingerprint density at radius 2 is 1.80 bits per heavy atom. The van der Waals surface area contributed by atoms with Crippen LogP contribution in [0.3, 0.4) is 0 Å². The van der Waals surface area contributed by atoms with Gasteiger partial charge in [0.15, 0.2) is 0 Å². The van der Waals surface area contributed by atoms with Crippen LogP contribution in [0.1, 0.15) is 50.4 Å². The van der Waals surface area contributed by atoms with Crippen LogP contribution in [0.4, 0.5) is 10.1 Å². The zero-order chi connectivity index (χ0) is 28.7. The number of amides is 1. The number of esters is 1.